The van der Waals surface area contributed by atoms with Gasteiger partial charge in [-0.1, -0.05) is 19.1 Å². The van der Waals surface area contributed by atoms with Crippen molar-refractivity contribution in [3.63, 3.8) is 0 Å². The van der Waals surface area contributed by atoms with Gasteiger partial charge in [0.05, 0.1) is 12.2 Å². The van der Waals surface area contributed by atoms with Gasteiger partial charge in [0.25, 0.3) is 0 Å². The predicted octanol–water partition coefficient (Wildman–Crippen LogP) is 2.85. The van der Waals surface area contributed by atoms with Gasteiger partial charge in [0.2, 0.25) is 0 Å². The maximum atomic E-state index is 5.61. The Labute approximate surface area is 107 Å². The van der Waals surface area contributed by atoms with Gasteiger partial charge >= 0.3 is 0 Å². The van der Waals surface area contributed by atoms with Gasteiger partial charge in [-0.2, -0.15) is 0 Å². The normalized spacial score (nSPS) is 10.6. The number of nitrogens with zero attached hydrogens (tertiary/aromatic N) is 1. The molecule has 1 aromatic heterocycles. The van der Waals surface area contributed by atoms with E-state index in [1.54, 1.807) is 0 Å². The van der Waals surface area contributed by atoms with Crippen LogP contribution in [-0.4, -0.2) is 18.1 Å². The summed E-state index contributed by atoms with van der Waals surface area (Å²) in [6, 6.07) is 7.85. The van der Waals surface area contributed by atoms with Crippen LogP contribution in [0.4, 0.5) is 0 Å². The average Bonchev–Trinajstić information content (AvgIpc) is 2.85. The molecule has 0 aliphatic heterocycles. The van der Waals surface area contributed by atoms with Gasteiger partial charge in [-0.3, -0.25) is 0 Å². The molecule has 0 saturated heterocycles. The number of para-hydroxylation sites is 1. The van der Waals surface area contributed by atoms with Crippen LogP contribution in [0, 0.1) is 0 Å². The molecule has 0 atom stereocenters. The monoisotopic (exact) mass is 246 g/mol. The number of rotatable bonds is 6. The van der Waals surface area contributed by atoms with E-state index in [0.29, 0.717) is 13.2 Å². The van der Waals surface area contributed by atoms with E-state index in [9.17, 15) is 0 Å². The second-order valence-corrected chi connectivity index (χ2v) is 3.84. The molecule has 2 aromatic rings. The lowest BCUT2D eigenvalue weighted by molar-refractivity contribution is 0.340. The summed E-state index contributed by atoms with van der Waals surface area (Å²) in [7, 11) is 0. The van der Waals surface area contributed by atoms with Crippen molar-refractivity contribution in [2.75, 3.05) is 13.2 Å². The minimum atomic E-state index is 0.633. The van der Waals surface area contributed by atoms with Gasteiger partial charge in [0, 0.05) is 6.54 Å². The first-order chi connectivity index (χ1) is 8.86. The zero-order valence-corrected chi connectivity index (χ0v) is 10.8. The van der Waals surface area contributed by atoms with Crippen LogP contribution >= 0.6 is 0 Å². The van der Waals surface area contributed by atoms with E-state index in [2.05, 4.69) is 17.2 Å². The Morgan fingerprint density at radius 3 is 2.89 bits per heavy atom. The van der Waals surface area contributed by atoms with Crippen molar-refractivity contribution in [2.45, 2.75) is 20.4 Å². The van der Waals surface area contributed by atoms with Crippen LogP contribution in [0.2, 0.25) is 0 Å². The summed E-state index contributed by atoms with van der Waals surface area (Å²) in [6.07, 6.45) is 1.48. The largest absolute Gasteiger partial charge is 0.493 e. The van der Waals surface area contributed by atoms with Crippen molar-refractivity contribution in [2.24, 2.45) is 0 Å². The number of nitrogens with one attached hydrogen (secondary N) is 1. The fraction of sp³-hybridized carbons (Fsp3) is 0.357. The highest BCUT2D eigenvalue weighted by Crippen LogP contribution is 2.31. The maximum Gasteiger partial charge on any atom is 0.181 e. The van der Waals surface area contributed by atoms with Gasteiger partial charge in [0.1, 0.15) is 11.4 Å². The van der Waals surface area contributed by atoms with Crippen LogP contribution in [-0.2, 0) is 6.54 Å². The molecule has 4 nitrogen and oxygen atoms in total. The summed E-state index contributed by atoms with van der Waals surface area (Å²) in [4.78, 5) is 4.25. The second-order valence-electron chi connectivity index (χ2n) is 3.84. The van der Waals surface area contributed by atoms with E-state index in [1.165, 1.54) is 6.39 Å². The fourth-order valence-electron chi connectivity index (χ4n) is 1.79. The quantitative estimate of drug-likeness (QED) is 0.851. The molecule has 0 fully saturated rings. The predicted molar refractivity (Wildman–Crippen MR) is 70.5 cm³/mol. The van der Waals surface area contributed by atoms with E-state index in [0.717, 1.165) is 29.3 Å². The van der Waals surface area contributed by atoms with Crippen LogP contribution in [0.1, 0.15) is 19.5 Å². The highest BCUT2D eigenvalue weighted by molar-refractivity contribution is 5.67. The molecule has 0 bridgehead atoms. The summed E-state index contributed by atoms with van der Waals surface area (Å²) in [5.41, 5.74) is 1.86. The molecule has 0 aliphatic rings. The van der Waals surface area contributed by atoms with E-state index in [4.69, 9.17) is 9.15 Å². The van der Waals surface area contributed by atoms with Crippen molar-refractivity contribution < 1.29 is 9.15 Å². The minimum absolute atomic E-state index is 0.633. The summed E-state index contributed by atoms with van der Waals surface area (Å²) >= 11 is 0. The summed E-state index contributed by atoms with van der Waals surface area (Å²) in [6.45, 7) is 6.26. The zero-order valence-electron chi connectivity index (χ0n) is 10.8. The van der Waals surface area contributed by atoms with Crippen molar-refractivity contribution >= 4 is 0 Å². The molecule has 0 unspecified atom stereocenters. The molecule has 1 N–H and O–H groups in total. The van der Waals surface area contributed by atoms with Crippen molar-refractivity contribution in [1.82, 2.24) is 10.3 Å². The molecule has 4 heteroatoms. The van der Waals surface area contributed by atoms with Crippen LogP contribution < -0.4 is 10.1 Å². The Morgan fingerprint density at radius 2 is 2.11 bits per heavy atom. The number of oxazole rings is 1. The van der Waals surface area contributed by atoms with E-state index in [1.807, 2.05) is 31.2 Å². The first-order valence-electron chi connectivity index (χ1n) is 6.22. The zero-order chi connectivity index (χ0) is 12.8. The first kappa shape index (κ1) is 12.6. The third kappa shape index (κ3) is 2.71. The van der Waals surface area contributed by atoms with Crippen LogP contribution in [0.15, 0.2) is 35.1 Å². The highest BCUT2D eigenvalue weighted by Gasteiger charge is 2.14. The van der Waals surface area contributed by atoms with Crippen molar-refractivity contribution in [1.29, 1.82) is 0 Å². The third-order valence-electron chi connectivity index (χ3n) is 2.62. The molecule has 1 aromatic carbocycles. The Hall–Kier alpha value is -1.81. The lowest BCUT2D eigenvalue weighted by Gasteiger charge is -2.09. The van der Waals surface area contributed by atoms with E-state index in [-0.39, 0.29) is 0 Å². The minimum Gasteiger partial charge on any atom is -0.493 e. The Bertz CT molecular complexity index is 494. The molecule has 2 rings (SSSR count). The molecular formula is C14H18N2O2. The van der Waals surface area contributed by atoms with Gasteiger partial charge in [-0.25, -0.2) is 4.98 Å². The number of hydrogen-bond donors (Lipinski definition) is 1. The summed E-state index contributed by atoms with van der Waals surface area (Å²) < 4.78 is 11.1. The number of benzene rings is 1. The maximum absolute atomic E-state index is 5.61. The average molecular weight is 246 g/mol. The van der Waals surface area contributed by atoms with Crippen LogP contribution in [0.25, 0.3) is 11.3 Å². The smallest absolute Gasteiger partial charge is 0.181 e. The van der Waals surface area contributed by atoms with Crippen LogP contribution in [0.5, 0.6) is 5.75 Å². The molecule has 0 saturated carbocycles. The van der Waals surface area contributed by atoms with Gasteiger partial charge in [-0.15, -0.1) is 0 Å². The van der Waals surface area contributed by atoms with E-state index < -0.39 is 0 Å². The number of hydrogen-bond acceptors (Lipinski definition) is 4. The molecule has 0 amide bonds. The molecule has 0 spiro atoms. The summed E-state index contributed by atoms with van der Waals surface area (Å²) in [5, 5.41) is 3.25. The number of ether oxygens (including phenoxy) is 1. The van der Waals surface area contributed by atoms with Gasteiger partial charge < -0.3 is 14.5 Å². The second kappa shape index (κ2) is 6.21. The Balaban J connectivity index is 2.33. The van der Waals surface area contributed by atoms with Gasteiger partial charge in [-0.05, 0) is 25.6 Å². The standard InChI is InChI=1S/C14H18N2O2/c1-3-15-9-12-14(18-10-16-12)11-7-5-6-8-13(11)17-4-2/h5-8,10,15H,3-4,9H2,1-2H3. The molecule has 0 radical (unpaired) electrons. The molecule has 18 heavy (non-hydrogen) atoms. The number of aromatic nitrogens is 1. The fourth-order valence-corrected chi connectivity index (χ4v) is 1.79. The first-order valence-corrected chi connectivity index (χ1v) is 6.22. The lowest BCUT2D eigenvalue weighted by Crippen LogP contribution is -2.12. The van der Waals surface area contributed by atoms with Crippen molar-refractivity contribution in [3.8, 4) is 17.1 Å². The Morgan fingerprint density at radius 1 is 1.28 bits per heavy atom. The van der Waals surface area contributed by atoms with Crippen LogP contribution in [0.3, 0.4) is 0 Å². The van der Waals surface area contributed by atoms with E-state index >= 15 is 0 Å². The third-order valence-corrected chi connectivity index (χ3v) is 2.62. The lowest BCUT2D eigenvalue weighted by atomic mass is 10.1. The SMILES string of the molecule is CCNCc1ncoc1-c1ccccc1OCC. The molecule has 96 valence electrons. The molecule has 1 heterocycles. The van der Waals surface area contributed by atoms with Crippen molar-refractivity contribution in [3.05, 3.63) is 36.4 Å². The summed E-state index contributed by atoms with van der Waals surface area (Å²) in [5.74, 6) is 1.61. The van der Waals surface area contributed by atoms with Gasteiger partial charge in [0.15, 0.2) is 12.2 Å². The molecular weight excluding hydrogens is 228 g/mol. The topological polar surface area (TPSA) is 47.3 Å². The molecule has 0 aliphatic carbocycles. The Kier molecular flexibility index (Phi) is 4.36. The highest BCUT2D eigenvalue weighted by atomic mass is 16.5.